The quantitative estimate of drug-likeness (QED) is 0.779. The molecule has 17 heavy (non-hydrogen) atoms. The highest BCUT2D eigenvalue weighted by Gasteiger charge is 2.18. The van der Waals surface area contributed by atoms with Crippen molar-refractivity contribution in [3.63, 3.8) is 0 Å². The molecule has 0 aliphatic rings. The summed E-state index contributed by atoms with van der Waals surface area (Å²) in [4.78, 5) is 17.5. The molecule has 2 N–H and O–H groups in total. The summed E-state index contributed by atoms with van der Waals surface area (Å²) in [6.45, 7) is 2.04. The van der Waals surface area contributed by atoms with Gasteiger partial charge in [0.15, 0.2) is 5.65 Å². The molecular weight excluding hydrogens is 220 g/mol. The number of hydrogen-bond donors (Lipinski definition) is 1. The van der Waals surface area contributed by atoms with Gasteiger partial charge in [-0.25, -0.2) is 4.98 Å². The predicted molar refractivity (Wildman–Crippen MR) is 64.3 cm³/mol. The number of nitrogen functional groups attached to an aromatic ring is 1. The first kappa shape index (κ1) is 11.4. The SMILES string of the molecule is Cc1nn(C)c2c1nc(N)n2CC(=O)N(C)C. The fraction of sp³-hybridized carbons (Fsp3) is 0.500. The lowest BCUT2D eigenvalue weighted by Gasteiger charge is -2.12. The summed E-state index contributed by atoms with van der Waals surface area (Å²) in [5, 5.41) is 4.26. The number of rotatable bonds is 2. The molecule has 0 radical (unpaired) electrons. The first-order valence-corrected chi connectivity index (χ1v) is 5.27. The Morgan fingerprint density at radius 1 is 1.47 bits per heavy atom. The lowest BCUT2D eigenvalue weighted by atomic mass is 10.4. The fourth-order valence-corrected chi connectivity index (χ4v) is 1.78. The number of aromatic nitrogens is 4. The Morgan fingerprint density at radius 3 is 2.71 bits per heavy atom. The third-order valence-corrected chi connectivity index (χ3v) is 2.71. The highest BCUT2D eigenvalue weighted by Crippen LogP contribution is 2.20. The summed E-state index contributed by atoms with van der Waals surface area (Å²) in [6, 6.07) is 0. The van der Waals surface area contributed by atoms with E-state index in [0.717, 1.165) is 16.9 Å². The van der Waals surface area contributed by atoms with Crippen LogP contribution in [0.2, 0.25) is 0 Å². The molecule has 2 aromatic heterocycles. The van der Waals surface area contributed by atoms with Crippen LogP contribution >= 0.6 is 0 Å². The maximum Gasteiger partial charge on any atom is 0.242 e. The minimum atomic E-state index is -0.0325. The molecule has 7 heteroatoms. The molecule has 0 saturated carbocycles. The van der Waals surface area contributed by atoms with Crippen LogP contribution in [-0.4, -0.2) is 44.2 Å². The molecule has 2 aromatic rings. The van der Waals surface area contributed by atoms with Crippen molar-refractivity contribution in [2.45, 2.75) is 13.5 Å². The van der Waals surface area contributed by atoms with Crippen LogP contribution < -0.4 is 5.73 Å². The Balaban J connectivity index is 2.53. The van der Waals surface area contributed by atoms with E-state index in [1.54, 1.807) is 23.3 Å². The van der Waals surface area contributed by atoms with Gasteiger partial charge < -0.3 is 10.6 Å². The number of nitrogens with two attached hydrogens (primary N) is 1. The molecule has 0 aliphatic heterocycles. The lowest BCUT2D eigenvalue weighted by Crippen LogP contribution is -2.27. The second-order valence-corrected chi connectivity index (χ2v) is 4.23. The molecule has 0 fully saturated rings. The van der Waals surface area contributed by atoms with E-state index in [2.05, 4.69) is 10.1 Å². The maximum atomic E-state index is 11.7. The number of carbonyl (C=O) groups is 1. The van der Waals surface area contributed by atoms with Crippen LogP contribution in [0.5, 0.6) is 0 Å². The van der Waals surface area contributed by atoms with Crippen LogP contribution in [-0.2, 0) is 18.4 Å². The summed E-state index contributed by atoms with van der Waals surface area (Å²) in [7, 11) is 5.23. The van der Waals surface area contributed by atoms with Gasteiger partial charge in [0.1, 0.15) is 12.1 Å². The van der Waals surface area contributed by atoms with Crippen molar-refractivity contribution in [1.82, 2.24) is 24.2 Å². The van der Waals surface area contributed by atoms with Gasteiger partial charge in [-0.15, -0.1) is 0 Å². The molecule has 1 amide bonds. The molecule has 0 aliphatic carbocycles. The third kappa shape index (κ3) is 1.73. The van der Waals surface area contributed by atoms with E-state index in [4.69, 9.17) is 5.73 Å². The van der Waals surface area contributed by atoms with Gasteiger partial charge in [0.25, 0.3) is 0 Å². The lowest BCUT2D eigenvalue weighted by molar-refractivity contribution is -0.129. The molecule has 0 saturated heterocycles. The van der Waals surface area contributed by atoms with Crippen LogP contribution in [0.3, 0.4) is 0 Å². The second kappa shape index (κ2) is 3.76. The topological polar surface area (TPSA) is 82.0 Å². The summed E-state index contributed by atoms with van der Waals surface area (Å²) in [5.41, 5.74) is 8.15. The predicted octanol–water partition coefficient (Wildman–Crippen LogP) is -0.251. The average Bonchev–Trinajstić information content (AvgIpc) is 2.68. The summed E-state index contributed by atoms with van der Waals surface area (Å²) >= 11 is 0. The monoisotopic (exact) mass is 236 g/mol. The van der Waals surface area contributed by atoms with Crippen molar-refractivity contribution >= 4 is 23.0 Å². The van der Waals surface area contributed by atoms with Gasteiger partial charge in [0.2, 0.25) is 11.9 Å². The van der Waals surface area contributed by atoms with E-state index in [-0.39, 0.29) is 12.5 Å². The van der Waals surface area contributed by atoms with Crippen molar-refractivity contribution in [1.29, 1.82) is 0 Å². The van der Waals surface area contributed by atoms with Gasteiger partial charge in [0.05, 0.1) is 5.69 Å². The number of fused-ring (bicyclic) bond motifs is 1. The zero-order valence-electron chi connectivity index (χ0n) is 10.4. The van der Waals surface area contributed by atoms with E-state index >= 15 is 0 Å². The third-order valence-electron chi connectivity index (χ3n) is 2.71. The number of anilines is 1. The number of hydrogen-bond acceptors (Lipinski definition) is 4. The Bertz CT molecular complexity index is 579. The normalized spacial score (nSPS) is 11.1. The van der Waals surface area contributed by atoms with Crippen molar-refractivity contribution in [3.05, 3.63) is 5.69 Å². The Hall–Kier alpha value is -2.05. The van der Waals surface area contributed by atoms with Gasteiger partial charge in [-0.05, 0) is 6.92 Å². The van der Waals surface area contributed by atoms with Crippen LogP contribution in [0, 0.1) is 6.92 Å². The minimum Gasteiger partial charge on any atom is -0.369 e. The molecule has 0 unspecified atom stereocenters. The van der Waals surface area contributed by atoms with Crippen molar-refractivity contribution in [3.8, 4) is 0 Å². The van der Waals surface area contributed by atoms with E-state index in [1.165, 1.54) is 4.90 Å². The number of imidazole rings is 1. The van der Waals surface area contributed by atoms with Gasteiger partial charge in [-0.1, -0.05) is 0 Å². The highest BCUT2D eigenvalue weighted by atomic mass is 16.2. The number of carbonyl (C=O) groups excluding carboxylic acids is 1. The zero-order chi connectivity index (χ0) is 12.7. The van der Waals surface area contributed by atoms with E-state index < -0.39 is 0 Å². The molecule has 2 rings (SSSR count). The van der Waals surface area contributed by atoms with Crippen molar-refractivity contribution in [2.24, 2.45) is 7.05 Å². The van der Waals surface area contributed by atoms with E-state index in [1.807, 2.05) is 14.0 Å². The van der Waals surface area contributed by atoms with Gasteiger partial charge in [-0.2, -0.15) is 5.10 Å². The number of amides is 1. The summed E-state index contributed by atoms with van der Waals surface area (Å²) in [6.07, 6.45) is 0. The van der Waals surface area contributed by atoms with E-state index in [0.29, 0.717) is 5.95 Å². The smallest absolute Gasteiger partial charge is 0.242 e. The molecular formula is C10H16N6O. The standard InChI is InChI=1S/C10H16N6O/c1-6-8-9(15(4)13-6)16(10(11)12-8)5-7(17)14(2)3/h5H2,1-4H3,(H2,11,12). The van der Waals surface area contributed by atoms with Crippen LogP contribution in [0.4, 0.5) is 5.95 Å². The molecule has 0 bridgehead atoms. The van der Waals surface area contributed by atoms with Gasteiger partial charge in [0, 0.05) is 21.1 Å². The zero-order valence-corrected chi connectivity index (χ0v) is 10.4. The summed E-state index contributed by atoms with van der Waals surface area (Å²) < 4.78 is 3.37. The molecule has 0 atom stereocenters. The molecule has 7 nitrogen and oxygen atoms in total. The van der Waals surface area contributed by atoms with Crippen LogP contribution in [0.15, 0.2) is 0 Å². The van der Waals surface area contributed by atoms with Crippen molar-refractivity contribution in [2.75, 3.05) is 19.8 Å². The Kier molecular flexibility index (Phi) is 2.53. The fourth-order valence-electron chi connectivity index (χ4n) is 1.78. The minimum absolute atomic E-state index is 0.0325. The second-order valence-electron chi connectivity index (χ2n) is 4.23. The first-order valence-electron chi connectivity index (χ1n) is 5.27. The Labute approximate surface area is 98.8 Å². The molecule has 92 valence electrons. The van der Waals surface area contributed by atoms with Gasteiger partial charge >= 0.3 is 0 Å². The van der Waals surface area contributed by atoms with Crippen LogP contribution in [0.25, 0.3) is 11.2 Å². The maximum absolute atomic E-state index is 11.7. The highest BCUT2D eigenvalue weighted by molar-refractivity contribution is 5.82. The number of likely N-dealkylation sites (N-methyl/N-ethyl adjacent to an activating group) is 1. The molecule has 0 aromatic carbocycles. The Morgan fingerprint density at radius 2 is 2.12 bits per heavy atom. The van der Waals surface area contributed by atoms with Crippen molar-refractivity contribution < 1.29 is 4.79 Å². The molecule has 0 spiro atoms. The largest absolute Gasteiger partial charge is 0.369 e. The van der Waals surface area contributed by atoms with Crippen LogP contribution in [0.1, 0.15) is 5.69 Å². The average molecular weight is 236 g/mol. The van der Waals surface area contributed by atoms with E-state index in [9.17, 15) is 4.79 Å². The number of nitrogens with zero attached hydrogens (tertiary/aromatic N) is 5. The number of aryl methyl sites for hydroxylation is 2. The van der Waals surface area contributed by atoms with Gasteiger partial charge in [-0.3, -0.25) is 14.0 Å². The summed E-state index contributed by atoms with van der Waals surface area (Å²) in [5.74, 6) is 0.307. The first-order chi connectivity index (χ1) is 7.91. The molecule has 2 heterocycles.